The Labute approximate surface area is 164 Å². The van der Waals surface area contributed by atoms with Crippen LogP contribution in [0.4, 0.5) is 5.95 Å². The molecular formula is C23H24N4O. The van der Waals surface area contributed by atoms with Crippen LogP contribution in [-0.4, -0.2) is 15.8 Å². The van der Waals surface area contributed by atoms with Gasteiger partial charge in [-0.05, 0) is 68.4 Å². The highest BCUT2D eigenvalue weighted by Crippen LogP contribution is 2.21. The fourth-order valence-electron chi connectivity index (χ4n) is 3.56. The number of hydrogen-bond donors (Lipinski definition) is 1. The minimum absolute atomic E-state index is 0.0994. The fourth-order valence-corrected chi connectivity index (χ4v) is 3.56. The van der Waals surface area contributed by atoms with Crippen molar-refractivity contribution in [2.24, 2.45) is 11.0 Å². The van der Waals surface area contributed by atoms with E-state index in [1.165, 1.54) is 0 Å². The molecule has 1 atom stereocenters. The van der Waals surface area contributed by atoms with Gasteiger partial charge in [0, 0.05) is 6.21 Å². The molecule has 4 rings (SSSR count). The molecule has 1 aliphatic carbocycles. The molecule has 0 fully saturated rings. The van der Waals surface area contributed by atoms with Crippen LogP contribution in [0.5, 0.6) is 0 Å². The van der Waals surface area contributed by atoms with E-state index in [1.54, 1.807) is 4.57 Å². The molecule has 1 aliphatic rings. The Balaban J connectivity index is 1.82. The molecule has 0 saturated carbocycles. The number of fused-ring (bicyclic) bond motifs is 1. The molecule has 0 saturated heterocycles. The first-order chi connectivity index (χ1) is 13.6. The van der Waals surface area contributed by atoms with Gasteiger partial charge in [-0.1, -0.05) is 36.4 Å². The average molecular weight is 372 g/mol. The number of nitrogens with one attached hydrogen (secondary N) is 1. The third-order valence-corrected chi connectivity index (χ3v) is 5.35. The Morgan fingerprint density at radius 2 is 2.00 bits per heavy atom. The SMILES string of the molecule is Cc1cccc(-n2c(N/N=C\[C@H]3CC=CCC3)nc3ccccc3c2=O)c1C. The summed E-state index contributed by atoms with van der Waals surface area (Å²) in [4.78, 5) is 18.0. The van der Waals surface area contributed by atoms with E-state index >= 15 is 0 Å². The maximum Gasteiger partial charge on any atom is 0.267 e. The van der Waals surface area contributed by atoms with Crippen molar-refractivity contribution in [2.45, 2.75) is 33.1 Å². The number of para-hydroxylation sites is 1. The van der Waals surface area contributed by atoms with Crippen LogP contribution < -0.4 is 11.0 Å². The Hall–Kier alpha value is -3.21. The number of benzene rings is 2. The number of hydrazone groups is 1. The predicted molar refractivity (Wildman–Crippen MR) is 115 cm³/mol. The standard InChI is InChI=1S/C23H24N4O/c1-16-9-8-14-21(17(16)2)27-22(28)19-12-6-7-13-20(19)25-23(27)26-24-15-18-10-4-3-5-11-18/h3-4,6-9,12-15,18H,5,10-11H2,1-2H3,(H,25,26)/b24-15-/t18-/m0/s1. The van der Waals surface area contributed by atoms with Gasteiger partial charge >= 0.3 is 0 Å². The Bertz CT molecular complexity index is 1130. The molecule has 5 nitrogen and oxygen atoms in total. The molecule has 0 amide bonds. The lowest BCUT2D eigenvalue weighted by Crippen LogP contribution is -2.23. The smallest absolute Gasteiger partial charge is 0.267 e. The summed E-state index contributed by atoms with van der Waals surface area (Å²) in [6.07, 6.45) is 9.51. The second-order valence-corrected chi connectivity index (χ2v) is 7.25. The Kier molecular flexibility index (Phi) is 5.06. The van der Waals surface area contributed by atoms with E-state index in [1.807, 2.05) is 62.5 Å². The molecule has 28 heavy (non-hydrogen) atoms. The summed E-state index contributed by atoms with van der Waals surface area (Å²) in [5, 5.41) is 5.01. The number of hydrogen-bond acceptors (Lipinski definition) is 4. The van der Waals surface area contributed by atoms with Gasteiger partial charge in [-0.3, -0.25) is 4.79 Å². The van der Waals surface area contributed by atoms with Gasteiger partial charge in [-0.15, -0.1) is 0 Å². The first-order valence-electron chi connectivity index (χ1n) is 9.67. The van der Waals surface area contributed by atoms with Crippen molar-refractivity contribution in [3.8, 4) is 5.69 Å². The maximum absolute atomic E-state index is 13.3. The largest absolute Gasteiger partial charge is 0.268 e. The van der Waals surface area contributed by atoms with Crippen molar-refractivity contribution in [1.29, 1.82) is 0 Å². The van der Waals surface area contributed by atoms with E-state index < -0.39 is 0 Å². The van der Waals surface area contributed by atoms with E-state index in [0.717, 1.165) is 36.1 Å². The van der Waals surface area contributed by atoms with Crippen LogP contribution in [0.2, 0.25) is 0 Å². The summed E-state index contributed by atoms with van der Waals surface area (Å²) in [6, 6.07) is 13.4. The zero-order valence-electron chi connectivity index (χ0n) is 16.2. The van der Waals surface area contributed by atoms with Gasteiger partial charge in [0.2, 0.25) is 5.95 Å². The monoisotopic (exact) mass is 372 g/mol. The Morgan fingerprint density at radius 1 is 1.14 bits per heavy atom. The highest BCUT2D eigenvalue weighted by molar-refractivity contribution is 5.79. The zero-order chi connectivity index (χ0) is 19.5. The first-order valence-corrected chi connectivity index (χ1v) is 9.67. The Morgan fingerprint density at radius 3 is 2.82 bits per heavy atom. The van der Waals surface area contributed by atoms with Crippen LogP contribution in [0.3, 0.4) is 0 Å². The van der Waals surface area contributed by atoms with E-state index in [2.05, 4.69) is 27.7 Å². The first kappa shape index (κ1) is 18.2. The molecule has 5 heteroatoms. The van der Waals surface area contributed by atoms with Crippen LogP contribution >= 0.6 is 0 Å². The van der Waals surface area contributed by atoms with Gasteiger partial charge in [0.05, 0.1) is 16.6 Å². The second kappa shape index (κ2) is 7.80. The number of rotatable bonds is 4. The number of anilines is 1. The second-order valence-electron chi connectivity index (χ2n) is 7.25. The van der Waals surface area contributed by atoms with Gasteiger partial charge in [0.25, 0.3) is 5.56 Å². The summed E-state index contributed by atoms with van der Waals surface area (Å²) in [5.74, 6) is 0.846. The maximum atomic E-state index is 13.3. The lowest BCUT2D eigenvalue weighted by molar-refractivity contribution is 0.627. The normalized spacial score (nSPS) is 16.7. The van der Waals surface area contributed by atoms with Crippen molar-refractivity contribution < 1.29 is 0 Å². The van der Waals surface area contributed by atoms with Gasteiger partial charge in [-0.2, -0.15) is 5.10 Å². The van der Waals surface area contributed by atoms with Crippen molar-refractivity contribution in [3.05, 3.63) is 76.1 Å². The van der Waals surface area contributed by atoms with Crippen molar-refractivity contribution in [1.82, 2.24) is 9.55 Å². The van der Waals surface area contributed by atoms with Gasteiger partial charge in [0.15, 0.2) is 0 Å². The quantitative estimate of drug-likeness (QED) is 0.408. The predicted octanol–water partition coefficient (Wildman–Crippen LogP) is 4.76. The third-order valence-electron chi connectivity index (χ3n) is 5.35. The zero-order valence-corrected chi connectivity index (χ0v) is 16.2. The lowest BCUT2D eigenvalue weighted by Gasteiger charge is -2.16. The van der Waals surface area contributed by atoms with Crippen LogP contribution in [0.15, 0.2) is 64.5 Å². The molecule has 0 unspecified atom stereocenters. The third kappa shape index (κ3) is 3.48. The van der Waals surface area contributed by atoms with Crippen LogP contribution in [-0.2, 0) is 0 Å². The van der Waals surface area contributed by atoms with E-state index in [-0.39, 0.29) is 5.56 Å². The molecule has 1 N–H and O–H groups in total. The fraction of sp³-hybridized carbons (Fsp3) is 0.261. The van der Waals surface area contributed by atoms with Gasteiger partial charge < -0.3 is 0 Å². The van der Waals surface area contributed by atoms with Gasteiger partial charge in [0.1, 0.15) is 0 Å². The molecule has 0 radical (unpaired) electrons. The van der Waals surface area contributed by atoms with E-state index in [0.29, 0.717) is 22.8 Å². The highest BCUT2D eigenvalue weighted by Gasteiger charge is 2.15. The topological polar surface area (TPSA) is 59.3 Å². The van der Waals surface area contributed by atoms with Crippen LogP contribution in [0.1, 0.15) is 30.4 Å². The van der Waals surface area contributed by atoms with Crippen LogP contribution in [0.25, 0.3) is 16.6 Å². The van der Waals surface area contributed by atoms with Crippen molar-refractivity contribution in [2.75, 3.05) is 5.43 Å². The van der Waals surface area contributed by atoms with Crippen molar-refractivity contribution >= 4 is 23.1 Å². The summed E-state index contributed by atoms with van der Waals surface area (Å²) in [5.41, 5.74) is 6.59. The molecule has 0 spiro atoms. The minimum Gasteiger partial charge on any atom is -0.268 e. The average Bonchev–Trinajstić information content (AvgIpc) is 2.72. The molecule has 142 valence electrons. The molecule has 1 aromatic heterocycles. The van der Waals surface area contributed by atoms with Gasteiger partial charge in [-0.25, -0.2) is 15.0 Å². The highest BCUT2D eigenvalue weighted by atomic mass is 16.1. The summed E-state index contributed by atoms with van der Waals surface area (Å²) in [6.45, 7) is 4.06. The van der Waals surface area contributed by atoms with E-state index in [4.69, 9.17) is 0 Å². The molecule has 0 bridgehead atoms. The van der Waals surface area contributed by atoms with Crippen LogP contribution in [0, 0.1) is 19.8 Å². The number of nitrogens with zero attached hydrogens (tertiary/aromatic N) is 3. The number of aryl methyl sites for hydroxylation is 1. The van der Waals surface area contributed by atoms with E-state index in [9.17, 15) is 4.79 Å². The molecule has 3 aromatic rings. The minimum atomic E-state index is -0.0994. The number of allylic oxidation sites excluding steroid dienone is 2. The molecule has 1 heterocycles. The molecule has 0 aliphatic heterocycles. The number of aromatic nitrogens is 2. The summed E-state index contributed by atoms with van der Waals surface area (Å²) < 4.78 is 1.63. The summed E-state index contributed by atoms with van der Waals surface area (Å²) in [7, 11) is 0. The lowest BCUT2D eigenvalue weighted by atomic mass is 9.96. The van der Waals surface area contributed by atoms with Crippen molar-refractivity contribution in [3.63, 3.8) is 0 Å². The molecular weight excluding hydrogens is 348 g/mol. The summed E-state index contributed by atoms with van der Waals surface area (Å²) >= 11 is 0. The molecule has 2 aromatic carbocycles.